The summed E-state index contributed by atoms with van der Waals surface area (Å²) in [5.41, 5.74) is -1.52. The van der Waals surface area contributed by atoms with Crippen molar-refractivity contribution in [2.24, 2.45) is 11.8 Å². The van der Waals surface area contributed by atoms with Crippen LogP contribution < -0.4 is 4.90 Å². The zero-order chi connectivity index (χ0) is 19.5. The van der Waals surface area contributed by atoms with E-state index in [1.807, 2.05) is 27.7 Å². The van der Waals surface area contributed by atoms with Crippen LogP contribution in [0.2, 0.25) is 0 Å². The third kappa shape index (κ3) is 5.53. The maximum Gasteiger partial charge on any atom is 0.301 e. The summed E-state index contributed by atoms with van der Waals surface area (Å²) in [6.07, 6.45) is 0. The summed E-state index contributed by atoms with van der Waals surface area (Å²) in [6, 6.07) is 1.52. The molecule has 0 unspecified atom stereocenters. The topological polar surface area (TPSA) is 124 Å². The molecule has 0 radical (unpaired) electrons. The lowest BCUT2D eigenvalue weighted by Gasteiger charge is -2.27. The van der Waals surface area contributed by atoms with E-state index in [0.717, 1.165) is 12.1 Å². The lowest BCUT2D eigenvalue weighted by molar-refractivity contribution is -0.393. The first kappa shape index (κ1) is 21.1. The molecule has 0 aliphatic rings. The van der Waals surface area contributed by atoms with E-state index in [0.29, 0.717) is 13.1 Å². The number of rotatable bonds is 8. The van der Waals surface area contributed by atoms with E-state index < -0.39 is 35.2 Å². The fraction of sp³-hybridized carbons (Fsp3) is 0.571. The highest BCUT2D eigenvalue weighted by atomic mass is 35.7. The molecule has 0 fully saturated rings. The van der Waals surface area contributed by atoms with Crippen molar-refractivity contribution in [2.75, 3.05) is 18.0 Å². The average molecular weight is 394 g/mol. The predicted octanol–water partition coefficient (Wildman–Crippen LogP) is 3.55. The second-order valence-electron chi connectivity index (χ2n) is 6.45. The number of anilines is 1. The Hall–Kier alpha value is -1.94. The second-order valence-corrected chi connectivity index (χ2v) is 9.02. The van der Waals surface area contributed by atoms with Crippen molar-refractivity contribution in [2.45, 2.75) is 32.6 Å². The quantitative estimate of drug-likeness (QED) is 0.375. The summed E-state index contributed by atoms with van der Waals surface area (Å²) in [5, 5.41) is 22.9. The first-order valence-electron chi connectivity index (χ1n) is 7.51. The van der Waals surface area contributed by atoms with Crippen LogP contribution >= 0.6 is 10.7 Å². The van der Waals surface area contributed by atoms with Gasteiger partial charge in [0.05, 0.1) is 14.7 Å². The maximum atomic E-state index is 11.5. The minimum Gasteiger partial charge on any atom is -0.360 e. The highest BCUT2D eigenvalue weighted by Crippen LogP contribution is 2.41. The number of hydrogen-bond acceptors (Lipinski definition) is 7. The van der Waals surface area contributed by atoms with E-state index in [4.69, 9.17) is 10.7 Å². The Kier molecular flexibility index (Phi) is 6.72. The number of nitro groups is 2. The lowest BCUT2D eigenvalue weighted by atomic mass is 10.1. The molecule has 1 aromatic rings. The highest BCUT2D eigenvalue weighted by Gasteiger charge is 2.33. The molecule has 9 nitrogen and oxygen atoms in total. The molecule has 0 N–H and O–H groups in total. The molecule has 0 aromatic heterocycles. The molecule has 0 saturated carbocycles. The minimum atomic E-state index is -4.36. The fourth-order valence-corrected chi connectivity index (χ4v) is 3.23. The van der Waals surface area contributed by atoms with Gasteiger partial charge >= 0.3 is 11.4 Å². The Morgan fingerprint density at radius 3 is 1.60 bits per heavy atom. The van der Waals surface area contributed by atoms with Gasteiger partial charge in [-0.15, -0.1) is 0 Å². The summed E-state index contributed by atoms with van der Waals surface area (Å²) >= 11 is 0. The van der Waals surface area contributed by atoms with Crippen molar-refractivity contribution in [1.82, 2.24) is 0 Å². The van der Waals surface area contributed by atoms with Gasteiger partial charge in [-0.1, -0.05) is 27.7 Å². The van der Waals surface area contributed by atoms with E-state index >= 15 is 0 Å². The van der Waals surface area contributed by atoms with Crippen LogP contribution in [0.5, 0.6) is 0 Å². The average Bonchev–Trinajstić information content (AvgIpc) is 2.42. The SMILES string of the molecule is CC(C)CN(CC(C)C)c1c([N+](=O)[O-])cc(S(=O)(=O)Cl)cc1[N+](=O)[O-]. The summed E-state index contributed by atoms with van der Waals surface area (Å²) in [7, 11) is 0.867. The van der Waals surface area contributed by atoms with Crippen LogP contribution in [0.1, 0.15) is 27.7 Å². The van der Waals surface area contributed by atoms with Crippen LogP contribution in [0.3, 0.4) is 0 Å². The third-order valence-electron chi connectivity index (χ3n) is 3.21. The zero-order valence-corrected chi connectivity index (χ0v) is 15.9. The molecular formula is C14H20ClN3O6S. The second kappa shape index (κ2) is 7.96. The Labute approximate surface area is 150 Å². The molecule has 0 amide bonds. The summed E-state index contributed by atoms with van der Waals surface area (Å²) in [4.78, 5) is 22.2. The van der Waals surface area contributed by atoms with Crippen molar-refractivity contribution in [3.8, 4) is 0 Å². The molecule has 0 bridgehead atoms. The van der Waals surface area contributed by atoms with Crippen molar-refractivity contribution in [3.05, 3.63) is 32.4 Å². The van der Waals surface area contributed by atoms with Gasteiger partial charge in [0.25, 0.3) is 9.05 Å². The summed E-state index contributed by atoms with van der Waals surface area (Å²) in [6.45, 7) is 8.19. The van der Waals surface area contributed by atoms with Gasteiger partial charge in [-0.05, 0) is 11.8 Å². The molecule has 11 heteroatoms. The Morgan fingerprint density at radius 2 is 1.36 bits per heavy atom. The molecule has 1 aromatic carbocycles. The molecule has 0 aliphatic carbocycles. The van der Waals surface area contributed by atoms with Gasteiger partial charge in [0, 0.05) is 35.9 Å². The molecule has 25 heavy (non-hydrogen) atoms. The minimum absolute atomic E-state index is 0.0781. The number of benzene rings is 1. The van der Waals surface area contributed by atoms with E-state index in [2.05, 4.69) is 0 Å². The number of nitrogens with zero attached hydrogens (tertiary/aromatic N) is 3. The Morgan fingerprint density at radius 1 is 1.00 bits per heavy atom. The molecular weight excluding hydrogens is 374 g/mol. The Bertz CT molecular complexity index is 734. The first-order valence-corrected chi connectivity index (χ1v) is 9.82. The van der Waals surface area contributed by atoms with E-state index in [9.17, 15) is 28.6 Å². The normalized spacial score (nSPS) is 11.8. The summed E-state index contributed by atoms with van der Waals surface area (Å²) in [5.74, 6) is 0.156. The molecule has 1 rings (SSSR count). The zero-order valence-electron chi connectivity index (χ0n) is 14.3. The number of hydrogen-bond donors (Lipinski definition) is 0. The summed E-state index contributed by atoms with van der Waals surface area (Å²) < 4.78 is 23.1. The number of halogens is 1. The fourth-order valence-electron chi connectivity index (χ4n) is 2.46. The van der Waals surface area contributed by atoms with Gasteiger partial charge < -0.3 is 4.90 Å². The van der Waals surface area contributed by atoms with Gasteiger partial charge in [-0.3, -0.25) is 20.2 Å². The van der Waals surface area contributed by atoms with Gasteiger partial charge in [0.2, 0.25) is 0 Å². The highest BCUT2D eigenvalue weighted by molar-refractivity contribution is 8.13. The van der Waals surface area contributed by atoms with Gasteiger partial charge in [0.15, 0.2) is 5.69 Å². The van der Waals surface area contributed by atoms with Crippen molar-refractivity contribution >= 4 is 36.8 Å². The van der Waals surface area contributed by atoms with Crippen LogP contribution in [0.25, 0.3) is 0 Å². The standard InChI is InChI=1S/C14H20ClN3O6S/c1-9(2)7-16(8-10(3)4)14-12(17(19)20)5-11(25(15,23)24)6-13(14)18(21)22/h5-6,9-10H,7-8H2,1-4H3. The van der Waals surface area contributed by atoms with Crippen molar-refractivity contribution < 1.29 is 18.3 Å². The number of nitro benzene ring substituents is 2. The van der Waals surface area contributed by atoms with E-state index in [1.54, 1.807) is 4.90 Å². The van der Waals surface area contributed by atoms with Crippen LogP contribution in [0.15, 0.2) is 17.0 Å². The van der Waals surface area contributed by atoms with E-state index in [1.165, 1.54) is 0 Å². The van der Waals surface area contributed by atoms with Crippen LogP contribution in [-0.2, 0) is 9.05 Å². The largest absolute Gasteiger partial charge is 0.360 e. The van der Waals surface area contributed by atoms with E-state index in [-0.39, 0.29) is 17.5 Å². The van der Waals surface area contributed by atoms with Crippen LogP contribution in [0.4, 0.5) is 17.1 Å². The van der Waals surface area contributed by atoms with Crippen molar-refractivity contribution in [1.29, 1.82) is 0 Å². The van der Waals surface area contributed by atoms with Gasteiger partial charge in [-0.25, -0.2) is 8.42 Å². The lowest BCUT2D eigenvalue weighted by Crippen LogP contribution is -2.32. The predicted molar refractivity (Wildman–Crippen MR) is 94.7 cm³/mol. The molecule has 140 valence electrons. The van der Waals surface area contributed by atoms with Crippen LogP contribution in [0, 0.1) is 32.1 Å². The molecule has 0 spiro atoms. The molecule has 0 heterocycles. The van der Waals surface area contributed by atoms with Crippen LogP contribution in [-0.4, -0.2) is 31.4 Å². The maximum absolute atomic E-state index is 11.5. The third-order valence-corrected chi connectivity index (χ3v) is 4.54. The molecule has 0 atom stereocenters. The Balaban J connectivity index is 3.80. The smallest absolute Gasteiger partial charge is 0.301 e. The molecule has 0 saturated heterocycles. The van der Waals surface area contributed by atoms with Gasteiger partial charge in [0.1, 0.15) is 0 Å². The molecule has 0 aliphatic heterocycles. The monoisotopic (exact) mass is 393 g/mol. The van der Waals surface area contributed by atoms with Crippen molar-refractivity contribution in [3.63, 3.8) is 0 Å². The first-order chi connectivity index (χ1) is 11.3. The van der Waals surface area contributed by atoms with Gasteiger partial charge in [-0.2, -0.15) is 0 Å².